The minimum atomic E-state index is 0.557. The van der Waals surface area contributed by atoms with Gasteiger partial charge in [0.15, 0.2) is 6.39 Å². The fraction of sp³-hybridized carbons (Fsp3) is 0.250. The highest BCUT2D eigenvalue weighted by Gasteiger charge is 2.04. The van der Waals surface area contributed by atoms with E-state index >= 15 is 0 Å². The van der Waals surface area contributed by atoms with Crippen LogP contribution in [0.1, 0.15) is 12.6 Å². The summed E-state index contributed by atoms with van der Waals surface area (Å²) in [6.45, 7) is 2.00. The third-order valence-corrected chi connectivity index (χ3v) is 1.77. The number of oxazole rings is 1. The van der Waals surface area contributed by atoms with E-state index in [1.54, 1.807) is 6.07 Å². The Labute approximate surface area is 69.4 Å². The molecule has 4 nitrogen and oxygen atoms in total. The van der Waals surface area contributed by atoms with Crippen LogP contribution in [0.5, 0.6) is 0 Å². The number of aromatic nitrogens is 2. The van der Waals surface area contributed by atoms with Crippen molar-refractivity contribution in [1.82, 2.24) is 9.97 Å². The Bertz CT molecular complexity index is 408. The second-order valence-electron chi connectivity index (χ2n) is 2.55. The number of fused-ring (bicyclic) bond motifs is 1. The summed E-state index contributed by atoms with van der Waals surface area (Å²) in [6, 6.07) is 1.78. The largest absolute Gasteiger partial charge is 0.425 e. The van der Waals surface area contributed by atoms with Crippen molar-refractivity contribution in [2.24, 2.45) is 0 Å². The molecule has 4 heteroatoms. The minimum Gasteiger partial charge on any atom is -0.425 e. The van der Waals surface area contributed by atoms with Gasteiger partial charge in [0, 0.05) is 0 Å². The van der Waals surface area contributed by atoms with Crippen LogP contribution in [0.4, 0.5) is 5.69 Å². The summed E-state index contributed by atoms with van der Waals surface area (Å²) in [5.41, 5.74) is 8.52. The summed E-state index contributed by atoms with van der Waals surface area (Å²) in [6.07, 6.45) is 2.18. The number of nitrogens with two attached hydrogens (primary N) is 1. The van der Waals surface area contributed by atoms with Gasteiger partial charge in [-0.25, -0.2) is 9.97 Å². The second-order valence-corrected chi connectivity index (χ2v) is 2.55. The summed E-state index contributed by atoms with van der Waals surface area (Å²) in [4.78, 5) is 8.14. The zero-order valence-electron chi connectivity index (χ0n) is 6.74. The molecule has 0 radical (unpaired) electrons. The first-order valence-electron chi connectivity index (χ1n) is 3.80. The third-order valence-electron chi connectivity index (χ3n) is 1.77. The van der Waals surface area contributed by atoms with Gasteiger partial charge in [-0.3, -0.25) is 0 Å². The van der Waals surface area contributed by atoms with Crippen molar-refractivity contribution >= 4 is 16.9 Å². The lowest BCUT2D eigenvalue weighted by Gasteiger charge is -1.98. The van der Waals surface area contributed by atoms with Gasteiger partial charge in [0.25, 0.3) is 0 Å². The molecular formula is C8H9N3O. The van der Waals surface area contributed by atoms with Crippen LogP contribution in [-0.4, -0.2) is 9.97 Å². The molecule has 0 aliphatic heterocycles. The van der Waals surface area contributed by atoms with Crippen molar-refractivity contribution < 1.29 is 4.42 Å². The van der Waals surface area contributed by atoms with E-state index in [0.717, 1.165) is 12.1 Å². The van der Waals surface area contributed by atoms with Crippen molar-refractivity contribution in [2.75, 3.05) is 5.73 Å². The molecule has 2 aromatic rings. The van der Waals surface area contributed by atoms with Crippen molar-refractivity contribution in [1.29, 1.82) is 0 Å². The zero-order valence-corrected chi connectivity index (χ0v) is 6.74. The Morgan fingerprint density at radius 3 is 3.17 bits per heavy atom. The highest BCUT2D eigenvalue weighted by Crippen LogP contribution is 2.16. The molecule has 0 fully saturated rings. The smallest absolute Gasteiger partial charge is 0.247 e. The lowest BCUT2D eigenvalue weighted by atomic mass is 10.2. The molecule has 0 unspecified atom stereocenters. The monoisotopic (exact) mass is 163 g/mol. The van der Waals surface area contributed by atoms with Gasteiger partial charge >= 0.3 is 0 Å². The summed E-state index contributed by atoms with van der Waals surface area (Å²) in [5.74, 6) is 0. The highest BCUT2D eigenvalue weighted by atomic mass is 16.3. The molecule has 12 heavy (non-hydrogen) atoms. The minimum absolute atomic E-state index is 0.557. The number of nitrogen functional groups attached to an aromatic ring is 1. The van der Waals surface area contributed by atoms with Crippen LogP contribution >= 0.6 is 0 Å². The maximum atomic E-state index is 5.71. The molecule has 0 atom stereocenters. The van der Waals surface area contributed by atoms with E-state index in [2.05, 4.69) is 9.97 Å². The number of hydrogen-bond acceptors (Lipinski definition) is 4. The fourth-order valence-electron chi connectivity index (χ4n) is 1.13. The SMILES string of the molecule is CCc1nc2ocnc2cc1N. The van der Waals surface area contributed by atoms with Gasteiger partial charge in [-0.1, -0.05) is 6.92 Å². The highest BCUT2D eigenvalue weighted by molar-refractivity contribution is 5.73. The van der Waals surface area contributed by atoms with Crippen molar-refractivity contribution in [3.05, 3.63) is 18.2 Å². The maximum Gasteiger partial charge on any atom is 0.247 e. The number of pyridine rings is 1. The number of nitrogens with zero attached hydrogens (tertiary/aromatic N) is 2. The molecule has 62 valence electrons. The van der Waals surface area contributed by atoms with Crippen molar-refractivity contribution in [3.63, 3.8) is 0 Å². The molecule has 0 aliphatic rings. The van der Waals surface area contributed by atoms with Crippen LogP contribution in [0.15, 0.2) is 16.9 Å². The Kier molecular flexibility index (Phi) is 1.46. The molecule has 0 aromatic carbocycles. The zero-order chi connectivity index (χ0) is 8.55. The van der Waals surface area contributed by atoms with E-state index < -0.39 is 0 Å². The Morgan fingerprint density at radius 1 is 1.58 bits per heavy atom. The Morgan fingerprint density at radius 2 is 2.42 bits per heavy atom. The van der Waals surface area contributed by atoms with Gasteiger partial charge in [0.2, 0.25) is 5.71 Å². The van der Waals surface area contributed by atoms with Crippen LogP contribution in [0.2, 0.25) is 0 Å². The van der Waals surface area contributed by atoms with Crippen LogP contribution in [-0.2, 0) is 6.42 Å². The normalized spacial score (nSPS) is 10.8. The second kappa shape index (κ2) is 2.48. The van der Waals surface area contributed by atoms with Crippen LogP contribution in [0.25, 0.3) is 11.2 Å². The predicted molar refractivity (Wildman–Crippen MR) is 45.6 cm³/mol. The standard InChI is InChI=1S/C8H9N3O/c1-2-6-5(9)3-7-8(11-6)12-4-10-7/h3-4H,2,9H2,1H3. The number of hydrogen-bond donors (Lipinski definition) is 1. The van der Waals surface area contributed by atoms with E-state index in [1.807, 2.05) is 6.92 Å². The molecule has 2 heterocycles. The Hall–Kier alpha value is -1.58. The van der Waals surface area contributed by atoms with Gasteiger partial charge in [0.05, 0.1) is 11.4 Å². The number of rotatable bonds is 1. The number of anilines is 1. The number of aryl methyl sites for hydroxylation is 1. The first-order valence-corrected chi connectivity index (χ1v) is 3.80. The van der Waals surface area contributed by atoms with Gasteiger partial charge < -0.3 is 10.2 Å². The van der Waals surface area contributed by atoms with Crippen molar-refractivity contribution in [2.45, 2.75) is 13.3 Å². The Balaban J connectivity index is 2.73. The van der Waals surface area contributed by atoms with E-state index in [-0.39, 0.29) is 0 Å². The van der Waals surface area contributed by atoms with Crippen LogP contribution < -0.4 is 5.73 Å². The molecule has 0 amide bonds. The molecule has 0 saturated heterocycles. The first-order chi connectivity index (χ1) is 5.81. The molecule has 2 N–H and O–H groups in total. The average Bonchev–Trinajstić information content (AvgIpc) is 2.49. The van der Waals surface area contributed by atoms with Crippen molar-refractivity contribution in [3.8, 4) is 0 Å². The van der Waals surface area contributed by atoms with Gasteiger partial charge in [-0.05, 0) is 12.5 Å². The fourth-order valence-corrected chi connectivity index (χ4v) is 1.13. The maximum absolute atomic E-state index is 5.71. The summed E-state index contributed by atoms with van der Waals surface area (Å²) in [5, 5.41) is 0. The molecule has 0 spiro atoms. The average molecular weight is 163 g/mol. The topological polar surface area (TPSA) is 64.9 Å². The van der Waals surface area contributed by atoms with E-state index in [9.17, 15) is 0 Å². The van der Waals surface area contributed by atoms with Crippen LogP contribution in [0, 0.1) is 0 Å². The van der Waals surface area contributed by atoms with Crippen LogP contribution in [0.3, 0.4) is 0 Å². The van der Waals surface area contributed by atoms with E-state index in [4.69, 9.17) is 10.2 Å². The molecule has 2 aromatic heterocycles. The quantitative estimate of drug-likeness (QED) is 0.689. The summed E-state index contributed by atoms with van der Waals surface area (Å²) in [7, 11) is 0. The van der Waals surface area contributed by atoms with Gasteiger partial charge in [-0.15, -0.1) is 0 Å². The lowest BCUT2D eigenvalue weighted by Crippen LogP contribution is -1.95. The van der Waals surface area contributed by atoms with E-state index in [1.165, 1.54) is 6.39 Å². The molecule has 0 aliphatic carbocycles. The lowest BCUT2D eigenvalue weighted by molar-refractivity contribution is 0.589. The molecule has 2 rings (SSSR count). The molecular weight excluding hydrogens is 154 g/mol. The van der Waals surface area contributed by atoms with E-state index in [0.29, 0.717) is 16.9 Å². The summed E-state index contributed by atoms with van der Waals surface area (Å²) < 4.78 is 5.04. The molecule has 0 bridgehead atoms. The van der Waals surface area contributed by atoms with Gasteiger partial charge in [-0.2, -0.15) is 0 Å². The van der Waals surface area contributed by atoms with Gasteiger partial charge in [0.1, 0.15) is 5.52 Å². The summed E-state index contributed by atoms with van der Waals surface area (Å²) >= 11 is 0. The third kappa shape index (κ3) is 0.922. The predicted octanol–water partition coefficient (Wildman–Crippen LogP) is 1.37. The first kappa shape index (κ1) is 7.09. The molecule has 0 saturated carbocycles.